The smallest absolute Gasteiger partial charge is 0.414 e. The average Bonchev–Trinajstić information content (AvgIpc) is 2.95. The van der Waals surface area contributed by atoms with Gasteiger partial charge in [-0.25, -0.2) is 13.6 Å². The lowest BCUT2D eigenvalue weighted by Gasteiger charge is -2.29. The highest BCUT2D eigenvalue weighted by molar-refractivity contribution is 5.90. The summed E-state index contributed by atoms with van der Waals surface area (Å²) in [6.45, 7) is 2.07. The van der Waals surface area contributed by atoms with E-state index < -0.39 is 23.8 Å². The summed E-state index contributed by atoms with van der Waals surface area (Å²) < 4.78 is 34.1. The Morgan fingerprint density at radius 3 is 2.42 bits per heavy atom. The standard InChI is InChI=1S/C17H19F2N3O4/c1-10(23)20-8-13-9-22(17(25)26-13)11-6-14(18)16(15(19)7-11)21-4-2-12(24)3-5-21/h6-7,13H,2-5,8-9H2,1H3,(H,20,23). The van der Waals surface area contributed by atoms with Crippen molar-refractivity contribution in [2.24, 2.45) is 0 Å². The van der Waals surface area contributed by atoms with Gasteiger partial charge in [0.05, 0.1) is 18.8 Å². The lowest BCUT2D eigenvalue weighted by Crippen LogP contribution is -2.35. The Bertz CT molecular complexity index is 723. The molecule has 140 valence electrons. The van der Waals surface area contributed by atoms with Crippen molar-refractivity contribution in [2.45, 2.75) is 25.9 Å². The van der Waals surface area contributed by atoms with Crippen LogP contribution in [0.1, 0.15) is 19.8 Å². The molecule has 1 aromatic rings. The quantitative estimate of drug-likeness (QED) is 0.875. The van der Waals surface area contributed by atoms with Crippen molar-refractivity contribution < 1.29 is 27.9 Å². The molecule has 2 aliphatic heterocycles. The van der Waals surface area contributed by atoms with E-state index in [9.17, 15) is 23.2 Å². The maximum Gasteiger partial charge on any atom is 0.414 e. The first-order valence-electron chi connectivity index (χ1n) is 8.33. The van der Waals surface area contributed by atoms with E-state index >= 15 is 0 Å². The molecule has 7 nitrogen and oxygen atoms in total. The fraction of sp³-hybridized carbons (Fsp3) is 0.471. The van der Waals surface area contributed by atoms with Crippen LogP contribution in [0.5, 0.6) is 0 Å². The average molecular weight is 367 g/mol. The van der Waals surface area contributed by atoms with Gasteiger partial charge in [0.2, 0.25) is 5.91 Å². The van der Waals surface area contributed by atoms with Gasteiger partial charge in [0.25, 0.3) is 0 Å². The molecular weight excluding hydrogens is 348 g/mol. The second kappa shape index (κ2) is 7.27. The molecule has 2 amide bonds. The summed E-state index contributed by atoms with van der Waals surface area (Å²) in [7, 11) is 0. The van der Waals surface area contributed by atoms with Gasteiger partial charge in [0.15, 0.2) is 11.6 Å². The number of anilines is 2. The molecule has 0 aliphatic carbocycles. The van der Waals surface area contributed by atoms with Gasteiger partial charge in [-0.15, -0.1) is 0 Å². The van der Waals surface area contributed by atoms with E-state index in [1.807, 2.05) is 0 Å². The van der Waals surface area contributed by atoms with Crippen LogP contribution in [0.4, 0.5) is 25.0 Å². The number of cyclic esters (lactones) is 1. The van der Waals surface area contributed by atoms with E-state index in [2.05, 4.69) is 5.32 Å². The van der Waals surface area contributed by atoms with E-state index in [0.29, 0.717) is 0 Å². The fourth-order valence-corrected chi connectivity index (χ4v) is 3.09. The topological polar surface area (TPSA) is 79.0 Å². The van der Waals surface area contributed by atoms with Crippen molar-refractivity contribution in [3.05, 3.63) is 23.8 Å². The molecule has 0 saturated carbocycles. The summed E-state index contributed by atoms with van der Waals surface area (Å²) in [6, 6.07) is 2.16. The number of carbonyl (C=O) groups is 3. The number of halogens is 2. The van der Waals surface area contributed by atoms with Crippen LogP contribution in [0.25, 0.3) is 0 Å². The van der Waals surface area contributed by atoms with Gasteiger partial charge in [-0.2, -0.15) is 0 Å². The number of ether oxygens (including phenoxy) is 1. The monoisotopic (exact) mass is 367 g/mol. The van der Waals surface area contributed by atoms with E-state index in [4.69, 9.17) is 4.74 Å². The van der Waals surface area contributed by atoms with E-state index in [0.717, 1.165) is 17.0 Å². The molecule has 9 heteroatoms. The molecule has 0 spiro atoms. The Hall–Kier alpha value is -2.71. The molecule has 1 N–H and O–H groups in total. The highest BCUT2D eigenvalue weighted by atomic mass is 19.1. The molecule has 0 radical (unpaired) electrons. The number of ketones is 1. The number of hydrogen-bond acceptors (Lipinski definition) is 5. The minimum Gasteiger partial charge on any atom is -0.442 e. The zero-order chi connectivity index (χ0) is 18.8. The molecule has 1 unspecified atom stereocenters. The maximum atomic E-state index is 14.5. The molecule has 2 aliphatic rings. The lowest BCUT2D eigenvalue weighted by molar-refractivity contribution is -0.120. The number of benzene rings is 1. The second-order valence-electron chi connectivity index (χ2n) is 6.34. The van der Waals surface area contributed by atoms with E-state index in [1.165, 1.54) is 11.8 Å². The van der Waals surface area contributed by atoms with Crippen molar-refractivity contribution in [1.29, 1.82) is 0 Å². The molecule has 2 saturated heterocycles. The van der Waals surface area contributed by atoms with Crippen LogP contribution in [-0.4, -0.2) is 50.1 Å². The van der Waals surface area contributed by atoms with E-state index in [1.54, 1.807) is 0 Å². The maximum absolute atomic E-state index is 14.5. The van der Waals surface area contributed by atoms with Gasteiger partial charge in [-0.1, -0.05) is 0 Å². The third-order valence-electron chi connectivity index (χ3n) is 4.40. The Kier molecular flexibility index (Phi) is 5.06. The number of amides is 2. The number of nitrogens with one attached hydrogen (secondary N) is 1. The molecule has 3 rings (SSSR count). The Balaban J connectivity index is 1.76. The normalized spacial score (nSPS) is 20.3. The third kappa shape index (κ3) is 3.76. The first kappa shape index (κ1) is 18.1. The number of nitrogens with zero attached hydrogens (tertiary/aromatic N) is 2. The minimum absolute atomic E-state index is 0.0483. The Morgan fingerprint density at radius 2 is 1.85 bits per heavy atom. The zero-order valence-corrected chi connectivity index (χ0v) is 14.3. The van der Waals surface area contributed by atoms with Gasteiger partial charge < -0.3 is 15.0 Å². The molecule has 26 heavy (non-hydrogen) atoms. The summed E-state index contributed by atoms with van der Waals surface area (Å²) in [4.78, 5) is 36.8. The third-order valence-corrected chi connectivity index (χ3v) is 4.40. The van der Waals surface area contributed by atoms with Crippen molar-refractivity contribution in [1.82, 2.24) is 5.32 Å². The zero-order valence-electron chi connectivity index (χ0n) is 14.3. The largest absolute Gasteiger partial charge is 0.442 e. The lowest BCUT2D eigenvalue weighted by atomic mass is 10.1. The highest BCUT2D eigenvalue weighted by Crippen LogP contribution is 2.32. The summed E-state index contributed by atoms with van der Waals surface area (Å²) in [6.07, 6.45) is -0.811. The summed E-state index contributed by atoms with van der Waals surface area (Å²) >= 11 is 0. The van der Waals surface area contributed by atoms with Crippen LogP contribution in [-0.2, 0) is 14.3 Å². The Morgan fingerprint density at radius 1 is 1.23 bits per heavy atom. The number of rotatable bonds is 4. The molecule has 0 bridgehead atoms. The second-order valence-corrected chi connectivity index (χ2v) is 6.34. The number of hydrogen-bond donors (Lipinski definition) is 1. The van der Waals surface area contributed by atoms with Gasteiger partial charge in [0.1, 0.15) is 17.6 Å². The van der Waals surface area contributed by atoms with Crippen molar-refractivity contribution in [3.8, 4) is 0 Å². The van der Waals surface area contributed by atoms with Crippen molar-refractivity contribution in [3.63, 3.8) is 0 Å². The SMILES string of the molecule is CC(=O)NCC1CN(c2cc(F)c(N3CCC(=O)CC3)c(F)c2)C(=O)O1. The van der Waals surface area contributed by atoms with Gasteiger partial charge in [0, 0.05) is 45.0 Å². The van der Waals surface area contributed by atoms with Crippen LogP contribution < -0.4 is 15.1 Å². The first-order valence-corrected chi connectivity index (χ1v) is 8.33. The predicted molar refractivity (Wildman–Crippen MR) is 89.1 cm³/mol. The number of piperidine rings is 1. The predicted octanol–water partition coefficient (Wildman–Crippen LogP) is 1.60. The molecule has 2 fully saturated rings. The van der Waals surface area contributed by atoms with Crippen LogP contribution in [0.15, 0.2) is 12.1 Å². The molecule has 1 aromatic carbocycles. The molecule has 1 atom stereocenters. The van der Waals surface area contributed by atoms with Crippen LogP contribution in [0, 0.1) is 11.6 Å². The first-order chi connectivity index (χ1) is 12.3. The Labute approximate surface area is 148 Å². The fourth-order valence-electron chi connectivity index (χ4n) is 3.09. The van der Waals surface area contributed by atoms with Crippen LogP contribution >= 0.6 is 0 Å². The summed E-state index contributed by atoms with van der Waals surface area (Å²) in [5.74, 6) is -1.79. The van der Waals surface area contributed by atoms with Gasteiger partial charge >= 0.3 is 6.09 Å². The molecular formula is C17H19F2N3O4. The highest BCUT2D eigenvalue weighted by Gasteiger charge is 2.34. The minimum atomic E-state index is -0.799. The van der Waals surface area contributed by atoms with Crippen molar-refractivity contribution >= 4 is 29.2 Å². The van der Waals surface area contributed by atoms with Gasteiger partial charge in [-0.3, -0.25) is 14.5 Å². The van der Waals surface area contributed by atoms with E-state index in [-0.39, 0.29) is 62.1 Å². The molecule has 2 heterocycles. The summed E-state index contributed by atoms with van der Waals surface area (Å²) in [5.41, 5.74) is -0.143. The number of Topliss-reactive ketones (excluding diaryl/α,β-unsaturated/α-hetero) is 1. The summed E-state index contributed by atoms with van der Waals surface area (Å²) in [5, 5.41) is 2.53. The van der Waals surface area contributed by atoms with Crippen LogP contribution in [0.3, 0.4) is 0 Å². The number of carbonyl (C=O) groups excluding carboxylic acids is 3. The molecule has 0 aromatic heterocycles. The van der Waals surface area contributed by atoms with Crippen molar-refractivity contribution in [2.75, 3.05) is 36.0 Å². The van der Waals surface area contributed by atoms with Gasteiger partial charge in [-0.05, 0) is 0 Å². The van der Waals surface area contributed by atoms with Crippen LogP contribution in [0.2, 0.25) is 0 Å².